The van der Waals surface area contributed by atoms with E-state index >= 15 is 0 Å². The highest BCUT2D eigenvalue weighted by molar-refractivity contribution is 5.75. The third-order valence-electron chi connectivity index (χ3n) is 9.40. The lowest BCUT2D eigenvalue weighted by atomic mass is 9.75. The predicted molar refractivity (Wildman–Crippen MR) is 156 cm³/mol. The topological polar surface area (TPSA) is 39.2 Å². The summed E-state index contributed by atoms with van der Waals surface area (Å²) in [6.07, 6.45) is 30.8. The fraction of sp³-hybridized carbons (Fsp3) is 0.824. The standard InChI is InChI=1S/C34H57NO2/c1-3-5-7-9-11-13-28-15-17-29(18-16-28)19-20-30-21-23-31(24-22-30)34(36)37-33-26-25-32(35-27-33)14-12-10-8-6-4-2/h25-31H,3-24H2,1-2H3/t28-,29-,30-,31-. The monoisotopic (exact) mass is 511 g/mol. The lowest BCUT2D eigenvalue weighted by Gasteiger charge is -2.31. The highest BCUT2D eigenvalue weighted by Crippen LogP contribution is 2.38. The number of carbonyl (C=O) groups is 1. The van der Waals surface area contributed by atoms with E-state index in [4.69, 9.17) is 4.74 Å². The van der Waals surface area contributed by atoms with Crippen LogP contribution in [0.4, 0.5) is 0 Å². The first kappa shape index (κ1) is 30.2. The molecule has 2 aliphatic rings. The Labute approximate surface area is 228 Å². The molecule has 0 radical (unpaired) electrons. The predicted octanol–water partition coefficient (Wildman–Crippen LogP) is 10.3. The second kappa shape index (κ2) is 18.0. The Bertz CT molecular complexity index is 714. The van der Waals surface area contributed by atoms with E-state index in [0.717, 1.165) is 42.7 Å². The summed E-state index contributed by atoms with van der Waals surface area (Å²) in [6, 6.07) is 3.96. The smallest absolute Gasteiger partial charge is 0.314 e. The number of hydrogen-bond donors (Lipinski definition) is 0. The normalized spacial score (nSPS) is 24.2. The van der Waals surface area contributed by atoms with E-state index in [1.165, 1.54) is 122 Å². The first-order chi connectivity index (χ1) is 18.2. The van der Waals surface area contributed by atoms with Gasteiger partial charge in [-0.3, -0.25) is 9.78 Å². The molecule has 0 unspecified atom stereocenters. The van der Waals surface area contributed by atoms with Crippen LogP contribution in [0.3, 0.4) is 0 Å². The number of pyridine rings is 1. The van der Waals surface area contributed by atoms with Crippen molar-refractivity contribution in [3.63, 3.8) is 0 Å². The Morgan fingerprint density at radius 3 is 1.81 bits per heavy atom. The molecule has 0 aliphatic heterocycles. The summed E-state index contributed by atoms with van der Waals surface area (Å²) in [5.41, 5.74) is 1.10. The molecule has 0 saturated heterocycles. The summed E-state index contributed by atoms with van der Waals surface area (Å²) >= 11 is 0. The molecule has 1 aromatic rings. The maximum absolute atomic E-state index is 12.7. The van der Waals surface area contributed by atoms with E-state index in [2.05, 4.69) is 18.8 Å². The van der Waals surface area contributed by atoms with Gasteiger partial charge in [-0.05, 0) is 68.4 Å². The van der Waals surface area contributed by atoms with E-state index in [1.54, 1.807) is 6.20 Å². The summed E-state index contributed by atoms with van der Waals surface area (Å²) in [6.45, 7) is 4.55. The zero-order valence-electron chi connectivity index (χ0n) is 24.4. The molecule has 0 aromatic carbocycles. The van der Waals surface area contributed by atoms with Crippen LogP contribution in [0, 0.1) is 23.7 Å². The number of carbonyl (C=O) groups excluding carboxylic acids is 1. The number of nitrogens with zero attached hydrogens (tertiary/aromatic N) is 1. The number of aryl methyl sites for hydroxylation is 1. The van der Waals surface area contributed by atoms with Crippen molar-refractivity contribution in [1.29, 1.82) is 0 Å². The number of unbranched alkanes of at least 4 members (excludes halogenated alkanes) is 8. The maximum atomic E-state index is 12.7. The van der Waals surface area contributed by atoms with Crippen LogP contribution in [-0.4, -0.2) is 11.0 Å². The molecule has 3 nitrogen and oxygen atoms in total. The minimum absolute atomic E-state index is 0.0411. The van der Waals surface area contributed by atoms with Gasteiger partial charge in [0.1, 0.15) is 5.75 Å². The van der Waals surface area contributed by atoms with Crippen molar-refractivity contribution in [3.8, 4) is 5.75 Å². The van der Waals surface area contributed by atoms with Crippen LogP contribution >= 0.6 is 0 Å². The third kappa shape index (κ3) is 11.9. The first-order valence-electron chi connectivity index (χ1n) is 16.3. The molecule has 2 fully saturated rings. The van der Waals surface area contributed by atoms with E-state index in [9.17, 15) is 4.79 Å². The van der Waals surface area contributed by atoms with Gasteiger partial charge >= 0.3 is 5.97 Å². The van der Waals surface area contributed by atoms with Crippen LogP contribution in [0.1, 0.15) is 154 Å². The quantitative estimate of drug-likeness (QED) is 0.154. The molecule has 2 aliphatic carbocycles. The molecule has 1 heterocycles. The van der Waals surface area contributed by atoms with Gasteiger partial charge in [0.15, 0.2) is 0 Å². The molecule has 2 saturated carbocycles. The summed E-state index contributed by atoms with van der Waals surface area (Å²) < 4.78 is 5.71. The largest absolute Gasteiger partial charge is 0.425 e. The van der Waals surface area contributed by atoms with Crippen LogP contribution in [0.25, 0.3) is 0 Å². The van der Waals surface area contributed by atoms with Crippen molar-refractivity contribution in [1.82, 2.24) is 4.98 Å². The number of esters is 1. The molecule has 0 N–H and O–H groups in total. The molecule has 1 aromatic heterocycles. The van der Waals surface area contributed by atoms with Gasteiger partial charge < -0.3 is 4.74 Å². The van der Waals surface area contributed by atoms with Gasteiger partial charge in [0, 0.05) is 5.69 Å². The van der Waals surface area contributed by atoms with Crippen molar-refractivity contribution < 1.29 is 9.53 Å². The molecular weight excluding hydrogens is 454 g/mol. The van der Waals surface area contributed by atoms with Gasteiger partial charge in [0.2, 0.25) is 0 Å². The fourth-order valence-corrected chi connectivity index (χ4v) is 6.73. The Hall–Kier alpha value is -1.38. The first-order valence-corrected chi connectivity index (χ1v) is 16.3. The lowest BCUT2D eigenvalue weighted by molar-refractivity contribution is -0.140. The molecule has 3 rings (SSSR count). The SMILES string of the molecule is CCCCCCCc1ccc(OC(=O)[C@H]2CC[C@H](CC[C@H]3CC[C@H](CCCCCCC)CC3)CC2)cn1. The van der Waals surface area contributed by atoms with E-state index < -0.39 is 0 Å². The number of ether oxygens (including phenoxy) is 1. The van der Waals surface area contributed by atoms with Gasteiger partial charge in [-0.1, -0.05) is 117 Å². The Kier molecular flexibility index (Phi) is 14.7. The summed E-state index contributed by atoms with van der Waals surface area (Å²) in [7, 11) is 0. The maximum Gasteiger partial charge on any atom is 0.314 e. The minimum atomic E-state index is -0.0411. The molecule has 3 heteroatoms. The van der Waals surface area contributed by atoms with Crippen LogP contribution in [-0.2, 0) is 11.2 Å². The van der Waals surface area contributed by atoms with Gasteiger partial charge in [-0.2, -0.15) is 0 Å². The lowest BCUT2D eigenvalue weighted by Crippen LogP contribution is -2.26. The highest BCUT2D eigenvalue weighted by atomic mass is 16.5. The molecule has 0 bridgehead atoms. The second-order valence-electron chi connectivity index (χ2n) is 12.5. The van der Waals surface area contributed by atoms with Crippen LogP contribution in [0.2, 0.25) is 0 Å². The average molecular weight is 512 g/mol. The van der Waals surface area contributed by atoms with Gasteiger partial charge in [0.25, 0.3) is 0 Å². The minimum Gasteiger partial charge on any atom is -0.425 e. The zero-order chi connectivity index (χ0) is 26.1. The van der Waals surface area contributed by atoms with Crippen LogP contribution < -0.4 is 4.74 Å². The van der Waals surface area contributed by atoms with Gasteiger partial charge in [0.05, 0.1) is 12.1 Å². The Morgan fingerprint density at radius 1 is 0.703 bits per heavy atom. The third-order valence-corrected chi connectivity index (χ3v) is 9.40. The van der Waals surface area contributed by atoms with Crippen LogP contribution in [0.15, 0.2) is 18.3 Å². The average Bonchev–Trinajstić information content (AvgIpc) is 2.93. The van der Waals surface area contributed by atoms with Crippen molar-refractivity contribution in [2.75, 3.05) is 0 Å². The molecular formula is C34H57NO2. The fourth-order valence-electron chi connectivity index (χ4n) is 6.73. The summed E-state index contributed by atoms with van der Waals surface area (Å²) in [4.78, 5) is 17.3. The van der Waals surface area contributed by atoms with E-state index in [0.29, 0.717) is 5.75 Å². The van der Waals surface area contributed by atoms with Crippen molar-refractivity contribution in [2.24, 2.45) is 23.7 Å². The van der Waals surface area contributed by atoms with Gasteiger partial charge in [-0.25, -0.2) is 0 Å². The molecule has 210 valence electrons. The van der Waals surface area contributed by atoms with E-state index in [-0.39, 0.29) is 11.9 Å². The molecule has 0 amide bonds. The van der Waals surface area contributed by atoms with Crippen molar-refractivity contribution >= 4 is 5.97 Å². The van der Waals surface area contributed by atoms with Crippen molar-refractivity contribution in [3.05, 3.63) is 24.0 Å². The number of aromatic nitrogens is 1. The number of hydrogen-bond acceptors (Lipinski definition) is 3. The summed E-state index contributed by atoms with van der Waals surface area (Å²) in [5, 5.41) is 0. The second-order valence-corrected chi connectivity index (χ2v) is 12.5. The van der Waals surface area contributed by atoms with Crippen molar-refractivity contribution in [2.45, 2.75) is 155 Å². The molecule has 37 heavy (non-hydrogen) atoms. The zero-order valence-corrected chi connectivity index (χ0v) is 24.4. The molecule has 0 spiro atoms. The molecule has 0 atom stereocenters. The van der Waals surface area contributed by atoms with E-state index in [1.807, 2.05) is 12.1 Å². The highest BCUT2D eigenvalue weighted by Gasteiger charge is 2.29. The Morgan fingerprint density at radius 2 is 1.24 bits per heavy atom. The number of rotatable bonds is 17. The summed E-state index contributed by atoms with van der Waals surface area (Å²) in [5.74, 6) is 3.44. The van der Waals surface area contributed by atoms with Gasteiger partial charge in [-0.15, -0.1) is 0 Å². The van der Waals surface area contributed by atoms with Crippen LogP contribution in [0.5, 0.6) is 5.75 Å². The Balaban J connectivity index is 1.24.